The maximum Gasteiger partial charge on any atom is 0.341 e. The third-order valence-corrected chi connectivity index (χ3v) is 7.30. The lowest BCUT2D eigenvalue weighted by molar-refractivity contribution is -0.118. The van der Waals surface area contributed by atoms with Gasteiger partial charge in [-0.25, -0.2) is 4.79 Å². The summed E-state index contributed by atoms with van der Waals surface area (Å²) in [5.41, 5.74) is 2.39. The standard InChI is InChI=1S/C27H27ClN2O6S/c1-3-35-27(33)24-19-6-4-5-7-22(19)37-26(24)30-23(31)15-36-18-11-8-16(9-12-18)25(32)29-17-10-13-21(34-2)20(28)14-17/h8-14H,3-7,15H2,1-2H3,(H,29,32)(H,30,31). The number of carbonyl (C=O) groups is 3. The monoisotopic (exact) mass is 542 g/mol. The molecule has 37 heavy (non-hydrogen) atoms. The first kappa shape index (κ1) is 26.5. The van der Waals surface area contributed by atoms with Gasteiger partial charge in [0.15, 0.2) is 6.61 Å². The zero-order chi connectivity index (χ0) is 26.4. The molecule has 0 radical (unpaired) electrons. The third kappa shape index (κ3) is 6.42. The summed E-state index contributed by atoms with van der Waals surface area (Å²) in [6, 6.07) is 11.4. The van der Waals surface area contributed by atoms with Crippen molar-refractivity contribution in [1.29, 1.82) is 0 Å². The Kier molecular flexibility index (Phi) is 8.68. The van der Waals surface area contributed by atoms with E-state index in [9.17, 15) is 14.4 Å². The number of amides is 2. The Labute approximate surface area is 223 Å². The zero-order valence-electron chi connectivity index (χ0n) is 20.5. The molecule has 0 bridgehead atoms. The van der Waals surface area contributed by atoms with Crippen molar-refractivity contribution < 1.29 is 28.6 Å². The van der Waals surface area contributed by atoms with E-state index in [2.05, 4.69) is 10.6 Å². The maximum absolute atomic E-state index is 12.6. The van der Waals surface area contributed by atoms with Crippen molar-refractivity contribution in [2.24, 2.45) is 0 Å². The number of aryl methyl sites for hydroxylation is 1. The van der Waals surface area contributed by atoms with Gasteiger partial charge in [0.2, 0.25) is 0 Å². The van der Waals surface area contributed by atoms with E-state index in [4.69, 9.17) is 25.8 Å². The van der Waals surface area contributed by atoms with Crippen molar-refractivity contribution in [3.8, 4) is 11.5 Å². The first-order valence-electron chi connectivity index (χ1n) is 11.9. The number of thiophene rings is 1. The Balaban J connectivity index is 1.35. The SMILES string of the molecule is CCOC(=O)c1c(NC(=O)COc2ccc(C(=O)Nc3ccc(OC)c(Cl)c3)cc2)sc2c1CCCC2. The van der Waals surface area contributed by atoms with Crippen LogP contribution < -0.4 is 20.1 Å². The maximum atomic E-state index is 12.6. The molecule has 0 unspecified atom stereocenters. The molecule has 2 amide bonds. The summed E-state index contributed by atoms with van der Waals surface area (Å²) >= 11 is 7.53. The zero-order valence-corrected chi connectivity index (χ0v) is 22.1. The van der Waals surface area contributed by atoms with Crippen LogP contribution in [0.4, 0.5) is 10.7 Å². The Bertz CT molecular complexity index is 1300. The number of fused-ring (bicyclic) bond motifs is 1. The number of carbonyl (C=O) groups excluding carboxylic acids is 3. The number of methoxy groups -OCH3 is 1. The molecule has 2 aromatic carbocycles. The molecule has 10 heteroatoms. The fraction of sp³-hybridized carbons (Fsp3) is 0.296. The van der Waals surface area contributed by atoms with E-state index < -0.39 is 5.97 Å². The Morgan fingerprint density at radius 3 is 2.49 bits per heavy atom. The van der Waals surface area contributed by atoms with Gasteiger partial charge in [-0.3, -0.25) is 9.59 Å². The van der Waals surface area contributed by atoms with Crippen LogP contribution >= 0.6 is 22.9 Å². The topological polar surface area (TPSA) is 103 Å². The van der Waals surface area contributed by atoms with E-state index in [1.54, 1.807) is 49.4 Å². The number of esters is 1. The van der Waals surface area contributed by atoms with Crippen LogP contribution in [0.15, 0.2) is 42.5 Å². The van der Waals surface area contributed by atoms with Gasteiger partial charge in [-0.05, 0) is 80.6 Å². The quantitative estimate of drug-likeness (QED) is 0.334. The minimum atomic E-state index is -0.413. The second kappa shape index (κ2) is 12.1. The average Bonchev–Trinajstić information content (AvgIpc) is 3.25. The summed E-state index contributed by atoms with van der Waals surface area (Å²) in [6.07, 6.45) is 3.77. The second-order valence-electron chi connectivity index (χ2n) is 8.30. The molecular formula is C27H27ClN2O6S. The van der Waals surface area contributed by atoms with Crippen LogP contribution in [-0.4, -0.2) is 38.1 Å². The van der Waals surface area contributed by atoms with E-state index in [0.29, 0.717) is 38.3 Å². The van der Waals surface area contributed by atoms with Gasteiger partial charge in [0.1, 0.15) is 16.5 Å². The van der Waals surface area contributed by atoms with Crippen molar-refractivity contribution in [2.75, 3.05) is 31.0 Å². The summed E-state index contributed by atoms with van der Waals surface area (Å²) in [5.74, 6) is -0.179. The number of rotatable bonds is 9. The predicted octanol–water partition coefficient (Wildman–Crippen LogP) is 5.74. The number of ether oxygens (including phenoxy) is 3. The summed E-state index contributed by atoms with van der Waals surface area (Å²) < 4.78 is 15.9. The Morgan fingerprint density at radius 2 is 1.78 bits per heavy atom. The van der Waals surface area contributed by atoms with Gasteiger partial charge in [0.05, 0.1) is 24.3 Å². The number of hydrogen-bond donors (Lipinski definition) is 2. The van der Waals surface area contributed by atoms with E-state index >= 15 is 0 Å². The van der Waals surface area contributed by atoms with Gasteiger partial charge in [-0.2, -0.15) is 0 Å². The van der Waals surface area contributed by atoms with E-state index in [-0.39, 0.29) is 25.0 Å². The van der Waals surface area contributed by atoms with Crippen molar-refractivity contribution in [3.05, 3.63) is 69.1 Å². The van der Waals surface area contributed by atoms with Gasteiger partial charge in [0, 0.05) is 16.1 Å². The number of anilines is 2. The van der Waals surface area contributed by atoms with Crippen LogP contribution in [0.3, 0.4) is 0 Å². The number of halogens is 1. The van der Waals surface area contributed by atoms with Gasteiger partial charge in [-0.15, -0.1) is 11.3 Å². The second-order valence-corrected chi connectivity index (χ2v) is 9.81. The van der Waals surface area contributed by atoms with Crippen LogP contribution in [0.1, 0.15) is 50.9 Å². The Morgan fingerprint density at radius 1 is 1.03 bits per heavy atom. The molecule has 1 heterocycles. The molecule has 2 N–H and O–H groups in total. The lowest BCUT2D eigenvalue weighted by atomic mass is 9.95. The van der Waals surface area contributed by atoms with Gasteiger partial charge in [0.25, 0.3) is 11.8 Å². The molecule has 4 rings (SSSR count). The number of hydrogen-bond acceptors (Lipinski definition) is 7. The first-order valence-corrected chi connectivity index (χ1v) is 13.1. The summed E-state index contributed by atoms with van der Waals surface area (Å²) in [4.78, 5) is 38.9. The smallest absolute Gasteiger partial charge is 0.341 e. The van der Waals surface area contributed by atoms with E-state index in [1.165, 1.54) is 18.4 Å². The van der Waals surface area contributed by atoms with Gasteiger partial charge < -0.3 is 24.8 Å². The van der Waals surface area contributed by atoms with Crippen LogP contribution in [0.25, 0.3) is 0 Å². The van der Waals surface area contributed by atoms with Gasteiger partial charge in [-0.1, -0.05) is 11.6 Å². The van der Waals surface area contributed by atoms with Crippen molar-refractivity contribution in [1.82, 2.24) is 0 Å². The molecule has 3 aromatic rings. The van der Waals surface area contributed by atoms with Crippen LogP contribution in [0, 0.1) is 0 Å². The summed E-state index contributed by atoms with van der Waals surface area (Å²) in [6.45, 7) is 1.77. The van der Waals surface area contributed by atoms with Crippen LogP contribution in [0.5, 0.6) is 11.5 Å². The largest absolute Gasteiger partial charge is 0.495 e. The molecular weight excluding hydrogens is 516 g/mol. The number of benzene rings is 2. The molecule has 1 aliphatic rings. The van der Waals surface area contributed by atoms with Crippen LogP contribution in [0.2, 0.25) is 5.02 Å². The molecule has 8 nitrogen and oxygen atoms in total. The third-order valence-electron chi connectivity index (χ3n) is 5.80. The van der Waals surface area contributed by atoms with Crippen molar-refractivity contribution >= 4 is 51.4 Å². The van der Waals surface area contributed by atoms with Crippen LogP contribution in [-0.2, 0) is 22.4 Å². The molecule has 0 saturated carbocycles. The van der Waals surface area contributed by atoms with Crippen molar-refractivity contribution in [3.63, 3.8) is 0 Å². The predicted molar refractivity (Wildman–Crippen MR) is 143 cm³/mol. The molecule has 194 valence electrons. The lowest BCUT2D eigenvalue weighted by Gasteiger charge is -2.12. The Hall–Kier alpha value is -3.56. The van der Waals surface area contributed by atoms with E-state index in [0.717, 1.165) is 36.1 Å². The summed E-state index contributed by atoms with van der Waals surface area (Å²) in [5, 5.41) is 6.48. The normalized spacial score (nSPS) is 12.3. The molecule has 0 aliphatic heterocycles. The van der Waals surface area contributed by atoms with Crippen molar-refractivity contribution in [2.45, 2.75) is 32.6 Å². The highest BCUT2D eigenvalue weighted by atomic mass is 35.5. The highest BCUT2D eigenvalue weighted by Crippen LogP contribution is 2.38. The summed E-state index contributed by atoms with van der Waals surface area (Å²) in [7, 11) is 1.52. The average molecular weight is 543 g/mol. The lowest BCUT2D eigenvalue weighted by Crippen LogP contribution is -2.21. The molecule has 0 spiro atoms. The fourth-order valence-corrected chi connectivity index (χ4v) is 5.59. The minimum absolute atomic E-state index is 0.249. The highest BCUT2D eigenvalue weighted by molar-refractivity contribution is 7.17. The number of nitrogens with one attached hydrogen (secondary N) is 2. The minimum Gasteiger partial charge on any atom is -0.495 e. The van der Waals surface area contributed by atoms with Gasteiger partial charge >= 0.3 is 5.97 Å². The first-order chi connectivity index (χ1) is 17.9. The molecule has 0 fully saturated rings. The molecule has 0 atom stereocenters. The fourth-order valence-electron chi connectivity index (χ4n) is 4.03. The highest BCUT2D eigenvalue weighted by Gasteiger charge is 2.27. The van der Waals surface area contributed by atoms with E-state index in [1.807, 2.05) is 0 Å². The molecule has 0 saturated heterocycles. The molecule has 1 aromatic heterocycles. The molecule has 1 aliphatic carbocycles.